The first-order valence-electron chi connectivity index (χ1n) is 7.49. The van der Waals surface area contributed by atoms with E-state index in [1.807, 2.05) is 54.1 Å². The van der Waals surface area contributed by atoms with Crippen LogP contribution in [0.1, 0.15) is 0 Å². The summed E-state index contributed by atoms with van der Waals surface area (Å²) in [4.78, 5) is 13.0. The zero-order valence-corrected chi connectivity index (χ0v) is 13.7. The predicted octanol–water partition coefficient (Wildman–Crippen LogP) is 2.01. The van der Waals surface area contributed by atoms with E-state index in [-0.39, 0.29) is 12.5 Å². The average molecular weight is 341 g/mol. The van der Waals surface area contributed by atoms with Gasteiger partial charge < -0.3 is 14.0 Å². The van der Waals surface area contributed by atoms with Crippen molar-refractivity contribution in [3.8, 4) is 11.5 Å². The van der Waals surface area contributed by atoms with Crippen LogP contribution < -0.4 is 19.7 Å². The number of carbonyl (C=O) groups is 1. The number of hydrogen-bond acceptors (Lipinski definition) is 5. The van der Waals surface area contributed by atoms with Crippen molar-refractivity contribution in [1.82, 2.24) is 9.99 Å². The number of nitrogens with zero attached hydrogens (tertiary/aromatic N) is 2. The van der Waals surface area contributed by atoms with Crippen LogP contribution in [0, 0.1) is 0 Å². The van der Waals surface area contributed by atoms with Crippen molar-refractivity contribution >= 4 is 27.5 Å². The Morgan fingerprint density at radius 2 is 1.96 bits per heavy atom. The Morgan fingerprint density at radius 3 is 2.79 bits per heavy atom. The number of rotatable bonds is 2. The van der Waals surface area contributed by atoms with Crippen molar-refractivity contribution in [2.45, 2.75) is 6.10 Å². The maximum absolute atomic E-state index is 12.3. The summed E-state index contributed by atoms with van der Waals surface area (Å²) in [6, 6.07) is 15.3. The molecule has 0 bridgehead atoms. The average Bonchev–Trinajstić information content (AvgIpc) is 2.95. The third kappa shape index (κ3) is 2.63. The third-order valence-electron chi connectivity index (χ3n) is 3.78. The number of nitrogens with one attached hydrogen (secondary N) is 1. The van der Waals surface area contributed by atoms with E-state index in [0.29, 0.717) is 16.3 Å². The molecule has 1 atom stereocenters. The second-order valence-corrected chi connectivity index (χ2v) is 6.37. The van der Waals surface area contributed by atoms with Gasteiger partial charge in [-0.25, -0.2) is 5.43 Å². The molecule has 2 heterocycles. The van der Waals surface area contributed by atoms with Crippen molar-refractivity contribution in [1.29, 1.82) is 0 Å². The van der Waals surface area contributed by atoms with Gasteiger partial charge in [-0.1, -0.05) is 35.6 Å². The molecular weight excluding hydrogens is 326 g/mol. The Bertz CT molecular complexity index is 976. The Kier molecular flexibility index (Phi) is 3.70. The van der Waals surface area contributed by atoms with Gasteiger partial charge in [-0.15, -0.1) is 5.10 Å². The molecule has 122 valence electrons. The third-order valence-corrected chi connectivity index (χ3v) is 4.89. The summed E-state index contributed by atoms with van der Waals surface area (Å²) in [7, 11) is 1.92. The maximum Gasteiger partial charge on any atom is 0.284 e. The molecule has 3 aromatic rings. The summed E-state index contributed by atoms with van der Waals surface area (Å²) in [5, 5.41) is 4.22. The number of carbonyl (C=O) groups excluding carboxylic acids is 1. The van der Waals surface area contributed by atoms with Gasteiger partial charge in [0.05, 0.1) is 10.2 Å². The number of thiazole rings is 1. The quantitative estimate of drug-likeness (QED) is 0.725. The molecule has 0 spiro atoms. The monoisotopic (exact) mass is 341 g/mol. The fourth-order valence-corrected chi connectivity index (χ4v) is 3.49. The summed E-state index contributed by atoms with van der Waals surface area (Å²) >= 11 is 1.51. The van der Waals surface area contributed by atoms with Crippen LogP contribution in [-0.4, -0.2) is 23.2 Å². The molecule has 4 rings (SSSR count). The Hall–Kier alpha value is -2.80. The zero-order valence-electron chi connectivity index (χ0n) is 12.9. The lowest BCUT2D eigenvalue weighted by molar-refractivity contribution is -0.130. The van der Waals surface area contributed by atoms with Gasteiger partial charge in [-0.2, -0.15) is 0 Å². The minimum atomic E-state index is -0.719. The first-order chi connectivity index (χ1) is 11.7. The van der Waals surface area contributed by atoms with E-state index in [4.69, 9.17) is 9.47 Å². The molecule has 0 fully saturated rings. The first kappa shape index (κ1) is 14.8. The van der Waals surface area contributed by atoms with Gasteiger partial charge in [-0.3, -0.25) is 4.79 Å². The molecule has 0 unspecified atom stereocenters. The minimum Gasteiger partial charge on any atom is -0.485 e. The molecule has 0 aliphatic carbocycles. The molecule has 0 saturated heterocycles. The molecule has 1 aliphatic heterocycles. The molecule has 6 nitrogen and oxygen atoms in total. The topological polar surface area (TPSA) is 64.9 Å². The minimum absolute atomic E-state index is 0.164. The van der Waals surface area contributed by atoms with E-state index in [0.717, 1.165) is 10.2 Å². The number of aromatic nitrogens is 1. The van der Waals surface area contributed by atoms with Crippen LogP contribution in [0.15, 0.2) is 53.6 Å². The van der Waals surface area contributed by atoms with Crippen molar-refractivity contribution in [2.75, 3.05) is 6.61 Å². The van der Waals surface area contributed by atoms with Crippen LogP contribution in [0.5, 0.6) is 11.5 Å². The van der Waals surface area contributed by atoms with Gasteiger partial charge in [0.1, 0.15) is 6.61 Å². The van der Waals surface area contributed by atoms with Gasteiger partial charge in [-0.05, 0) is 24.3 Å². The Labute approximate surface area is 141 Å². The number of fused-ring (bicyclic) bond motifs is 2. The highest BCUT2D eigenvalue weighted by Crippen LogP contribution is 2.30. The van der Waals surface area contributed by atoms with Gasteiger partial charge in [0.2, 0.25) is 10.9 Å². The maximum atomic E-state index is 12.3. The van der Waals surface area contributed by atoms with Crippen molar-refractivity contribution < 1.29 is 14.3 Å². The Balaban J connectivity index is 1.53. The normalized spacial score (nSPS) is 17.0. The van der Waals surface area contributed by atoms with Crippen LogP contribution in [0.4, 0.5) is 0 Å². The summed E-state index contributed by atoms with van der Waals surface area (Å²) < 4.78 is 14.3. The lowest BCUT2D eigenvalue weighted by Gasteiger charge is -2.24. The molecule has 24 heavy (non-hydrogen) atoms. The van der Waals surface area contributed by atoms with Crippen LogP contribution in [-0.2, 0) is 11.8 Å². The largest absolute Gasteiger partial charge is 0.485 e. The summed E-state index contributed by atoms with van der Waals surface area (Å²) in [5.74, 6) is 0.882. The predicted molar refractivity (Wildman–Crippen MR) is 90.9 cm³/mol. The van der Waals surface area contributed by atoms with E-state index in [1.54, 1.807) is 6.07 Å². The number of ether oxygens (including phenoxy) is 2. The van der Waals surface area contributed by atoms with Crippen LogP contribution in [0.2, 0.25) is 0 Å². The second-order valence-electron chi connectivity index (χ2n) is 5.36. The van der Waals surface area contributed by atoms with Gasteiger partial charge in [0.15, 0.2) is 11.5 Å². The van der Waals surface area contributed by atoms with Gasteiger partial charge >= 0.3 is 0 Å². The summed E-state index contributed by atoms with van der Waals surface area (Å²) in [6.45, 7) is 0.164. The lowest BCUT2D eigenvalue weighted by atomic mass is 10.2. The fourth-order valence-electron chi connectivity index (χ4n) is 2.51. The lowest BCUT2D eigenvalue weighted by Crippen LogP contribution is -2.43. The van der Waals surface area contributed by atoms with E-state index >= 15 is 0 Å². The number of aryl methyl sites for hydroxylation is 1. The smallest absolute Gasteiger partial charge is 0.284 e. The number of hydrogen-bond donors (Lipinski definition) is 1. The first-order valence-corrected chi connectivity index (χ1v) is 8.30. The van der Waals surface area contributed by atoms with Crippen molar-refractivity contribution in [3.63, 3.8) is 0 Å². The molecule has 0 radical (unpaired) electrons. The van der Waals surface area contributed by atoms with E-state index < -0.39 is 6.10 Å². The SMILES string of the molecule is Cn1/c(=N\NC(=O)[C@H]2COc3ccccc3O2)sc2ccccc21. The van der Waals surface area contributed by atoms with E-state index in [9.17, 15) is 4.79 Å². The van der Waals surface area contributed by atoms with E-state index in [2.05, 4.69) is 10.5 Å². The van der Waals surface area contributed by atoms with Crippen molar-refractivity contribution in [2.24, 2.45) is 12.1 Å². The number of para-hydroxylation sites is 3. The molecule has 1 aromatic heterocycles. The molecule has 1 amide bonds. The number of amides is 1. The molecule has 7 heteroatoms. The van der Waals surface area contributed by atoms with Crippen LogP contribution in [0.3, 0.4) is 0 Å². The molecule has 1 aliphatic rings. The number of benzene rings is 2. The standard InChI is InChI=1S/C17H15N3O3S/c1-20-11-6-2-5-9-15(11)24-17(20)19-18-16(21)14-10-22-12-7-3-4-8-13(12)23-14/h2-9,14H,10H2,1H3,(H,18,21)/b19-17+/t14-/m1/s1. The van der Waals surface area contributed by atoms with Crippen molar-refractivity contribution in [3.05, 3.63) is 53.3 Å². The highest BCUT2D eigenvalue weighted by Gasteiger charge is 2.27. The molecule has 2 aromatic carbocycles. The van der Waals surface area contributed by atoms with Gasteiger partial charge in [0.25, 0.3) is 5.91 Å². The fraction of sp³-hybridized carbons (Fsp3) is 0.176. The van der Waals surface area contributed by atoms with Crippen LogP contribution >= 0.6 is 11.3 Å². The summed E-state index contributed by atoms with van der Waals surface area (Å²) in [5.41, 5.74) is 3.64. The summed E-state index contributed by atoms with van der Waals surface area (Å²) in [6.07, 6.45) is -0.719. The molecular formula is C17H15N3O3S. The van der Waals surface area contributed by atoms with Crippen LogP contribution in [0.25, 0.3) is 10.2 Å². The molecule has 0 saturated carbocycles. The zero-order chi connectivity index (χ0) is 16.5. The molecule has 1 N–H and O–H groups in total. The van der Waals surface area contributed by atoms with E-state index in [1.165, 1.54) is 11.3 Å². The second kappa shape index (κ2) is 6.01. The highest BCUT2D eigenvalue weighted by atomic mass is 32.1. The highest BCUT2D eigenvalue weighted by molar-refractivity contribution is 7.16. The Morgan fingerprint density at radius 1 is 1.21 bits per heavy atom. The van der Waals surface area contributed by atoms with Gasteiger partial charge in [0, 0.05) is 7.05 Å².